The number of hydrogen-bond acceptors (Lipinski definition) is 3. The lowest BCUT2D eigenvalue weighted by molar-refractivity contribution is -0.137. The molecule has 1 amide bonds. The summed E-state index contributed by atoms with van der Waals surface area (Å²) in [7, 11) is 0. The molecule has 1 heterocycles. The van der Waals surface area contributed by atoms with E-state index in [2.05, 4.69) is 29.2 Å². The van der Waals surface area contributed by atoms with Crippen LogP contribution >= 0.6 is 0 Å². The average Bonchev–Trinajstić information content (AvgIpc) is 2.91. The lowest BCUT2D eigenvalue weighted by atomic mass is 10.0. The van der Waals surface area contributed by atoms with Crippen LogP contribution < -0.4 is 5.73 Å². The molecule has 3 rings (SSSR count). The van der Waals surface area contributed by atoms with E-state index >= 15 is 0 Å². The van der Waals surface area contributed by atoms with Gasteiger partial charge in [-0.05, 0) is 24.0 Å². The lowest BCUT2D eigenvalue weighted by Crippen LogP contribution is -2.51. The van der Waals surface area contributed by atoms with E-state index in [-0.39, 0.29) is 5.92 Å². The standard InChI is InChI=1S/C16H23N3O/c17-5-6-18-7-9-19(10-8-18)16(20)15-11-13-3-1-2-4-14(13)12-15/h1-4,15H,5-12,17H2. The van der Waals surface area contributed by atoms with Gasteiger partial charge in [0.15, 0.2) is 0 Å². The molecular weight excluding hydrogens is 250 g/mol. The molecule has 108 valence electrons. The summed E-state index contributed by atoms with van der Waals surface area (Å²) < 4.78 is 0. The highest BCUT2D eigenvalue weighted by Crippen LogP contribution is 2.28. The van der Waals surface area contributed by atoms with E-state index < -0.39 is 0 Å². The molecule has 0 unspecified atom stereocenters. The van der Waals surface area contributed by atoms with Crippen LogP contribution in [0.4, 0.5) is 0 Å². The van der Waals surface area contributed by atoms with Crippen molar-refractivity contribution in [3.05, 3.63) is 35.4 Å². The van der Waals surface area contributed by atoms with Crippen LogP contribution in [0.15, 0.2) is 24.3 Å². The van der Waals surface area contributed by atoms with Crippen molar-refractivity contribution in [1.29, 1.82) is 0 Å². The molecule has 2 aliphatic rings. The second-order valence-corrected chi connectivity index (χ2v) is 5.83. The third-order valence-electron chi connectivity index (χ3n) is 4.53. The van der Waals surface area contributed by atoms with Gasteiger partial charge in [0.05, 0.1) is 0 Å². The minimum atomic E-state index is 0.161. The molecule has 0 saturated carbocycles. The molecular formula is C16H23N3O. The Balaban J connectivity index is 1.56. The summed E-state index contributed by atoms with van der Waals surface area (Å²) in [6.07, 6.45) is 1.83. The molecule has 0 aromatic heterocycles. The Labute approximate surface area is 120 Å². The fraction of sp³-hybridized carbons (Fsp3) is 0.562. The van der Waals surface area contributed by atoms with E-state index in [9.17, 15) is 4.79 Å². The van der Waals surface area contributed by atoms with Crippen LogP contribution in [0.2, 0.25) is 0 Å². The van der Waals surface area contributed by atoms with Gasteiger partial charge < -0.3 is 10.6 Å². The van der Waals surface area contributed by atoms with Gasteiger partial charge in [-0.3, -0.25) is 9.69 Å². The average molecular weight is 273 g/mol. The molecule has 1 aliphatic carbocycles. The third kappa shape index (κ3) is 2.72. The fourth-order valence-electron chi connectivity index (χ4n) is 3.37. The van der Waals surface area contributed by atoms with Crippen molar-refractivity contribution in [3.63, 3.8) is 0 Å². The molecule has 0 bridgehead atoms. The second kappa shape index (κ2) is 5.94. The molecule has 1 saturated heterocycles. The maximum Gasteiger partial charge on any atom is 0.226 e. The molecule has 1 aliphatic heterocycles. The molecule has 0 radical (unpaired) electrons. The third-order valence-corrected chi connectivity index (χ3v) is 4.53. The van der Waals surface area contributed by atoms with Crippen LogP contribution in [0.1, 0.15) is 11.1 Å². The fourth-order valence-corrected chi connectivity index (χ4v) is 3.37. The predicted molar refractivity (Wildman–Crippen MR) is 79.4 cm³/mol. The first kappa shape index (κ1) is 13.6. The Kier molecular flexibility index (Phi) is 4.03. The highest BCUT2D eigenvalue weighted by Gasteiger charge is 2.31. The number of fused-ring (bicyclic) bond motifs is 1. The molecule has 0 spiro atoms. The second-order valence-electron chi connectivity index (χ2n) is 5.83. The number of hydrogen-bond donors (Lipinski definition) is 1. The number of nitrogens with zero attached hydrogens (tertiary/aromatic N) is 2. The van der Waals surface area contributed by atoms with Gasteiger partial charge in [-0.25, -0.2) is 0 Å². The minimum absolute atomic E-state index is 0.161. The summed E-state index contributed by atoms with van der Waals surface area (Å²) in [5.41, 5.74) is 8.29. The SMILES string of the molecule is NCCN1CCN(C(=O)C2Cc3ccccc3C2)CC1. The minimum Gasteiger partial charge on any atom is -0.340 e. The number of rotatable bonds is 3. The first-order valence-corrected chi connectivity index (χ1v) is 7.56. The molecule has 20 heavy (non-hydrogen) atoms. The zero-order valence-corrected chi connectivity index (χ0v) is 11.9. The summed E-state index contributed by atoms with van der Waals surface area (Å²) in [4.78, 5) is 17.0. The number of amides is 1. The summed E-state index contributed by atoms with van der Waals surface area (Å²) in [5, 5.41) is 0. The number of benzene rings is 1. The predicted octanol–water partition coefficient (Wildman–Crippen LogP) is 0.504. The first-order chi connectivity index (χ1) is 9.78. The Morgan fingerprint density at radius 3 is 2.25 bits per heavy atom. The highest BCUT2D eigenvalue weighted by molar-refractivity contribution is 5.80. The van der Waals surface area contributed by atoms with Gasteiger partial charge >= 0.3 is 0 Å². The molecule has 1 fully saturated rings. The van der Waals surface area contributed by atoms with E-state index in [4.69, 9.17) is 5.73 Å². The topological polar surface area (TPSA) is 49.6 Å². The van der Waals surface area contributed by atoms with Crippen molar-refractivity contribution in [1.82, 2.24) is 9.80 Å². The summed E-state index contributed by atoms with van der Waals surface area (Å²) in [6.45, 7) is 5.27. The van der Waals surface area contributed by atoms with Crippen molar-refractivity contribution in [2.75, 3.05) is 39.3 Å². The highest BCUT2D eigenvalue weighted by atomic mass is 16.2. The van der Waals surface area contributed by atoms with E-state index in [1.54, 1.807) is 0 Å². The Morgan fingerprint density at radius 2 is 1.70 bits per heavy atom. The van der Waals surface area contributed by atoms with Gasteiger partial charge in [0.25, 0.3) is 0 Å². The molecule has 1 aromatic rings. The van der Waals surface area contributed by atoms with Crippen LogP contribution in [0, 0.1) is 5.92 Å². The largest absolute Gasteiger partial charge is 0.340 e. The van der Waals surface area contributed by atoms with Crippen molar-refractivity contribution in [2.24, 2.45) is 11.7 Å². The van der Waals surface area contributed by atoms with Crippen molar-refractivity contribution in [3.8, 4) is 0 Å². The summed E-state index contributed by atoms with van der Waals surface area (Å²) in [6, 6.07) is 8.44. The maximum atomic E-state index is 12.6. The number of carbonyl (C=O) groups excluding carboxylic acids is 1. The Hall–Kier alpha value is -1.39. The van der Waals surface area contributed by atoms with Crippen LogP contribution in [-0.2, 0) is 17.6 Å². The van der Waals surface area contributed by atoms with E-state index in [0.29, 0.717) is 12.5 Å². The van der Waals surface area contributed by atoms with E-state index in [1.807, 2.05) is 4.90 Å². The molecule has 4 heteroatoms. The van der Waals surface area contributed by atoms with Gasteiger partial charge in [-0.15, -0.1) is 0 Å². The molecule has 4 nitrogen and oxygen atoms in total. The number of carbonyl (C=O) groups is 1. The lowest BCUT2D eigenvalue weighted by Gasteiger charge is -2.35. The van der Waals surface area contributed by atoms with Gasteiger partial charge in [0, 0.05) is 45.2 Å². The van der Waals surface area contributed by atoms with Crippen LogP contribution in [0.25, 0.3) is 0 Å². The van der Waals surface area contributed by atoms with E-state index in [0.717, 1.165) is 45.6 Å². The zero-order chi connectivity index (χ0) is 13.9. The van der Waals surface area contributed by atoms with Crippen molar-refractivity contribution < 1.29 is 4.79 Å². The zero-order valence-electron chi connectivity index (χ0n) is 11.9. The molecule has 2 N–H and O–H groups in total. The maximum absolute atomic E-state index is 12.6. The monoisotopic (exact) mass is 273 g/mol. The number of piperazine rings is 1. The molecule has 0 atom stereocenters. The quantitative estimate of drug-likeness (QED) is 0.873. The van der Waals surface area contributed by atoms with Crippen LogP contribution in [0.5, 0.6) is 0 Å². The van der Waals surface area contributed by atoms with Gasteiger partial charge in [0.2, 0.25) is 5.91 Å². The number of nitrogens with two attached hydrogens (primary N) is 1. The van der Waals surface area contributed by atoms with Gasteiger partial charge in [0.1, 0.15) is 0 Å². The normalized spacial score (nSPS) is 20.1. The summed E-state index contributed by atoms with van der Waals surface area (Å²) >= 11 is 0. The van der Waals surface area contributed by atoms with Crippen molar-refractivity contribution >= 4 is 5.91 Å². The summed E-state index contributed by atoms with van der Waals surface area (Å²) in [5.74, 6) is 0.502. The first-order valence-electron chi connectivity index (χ1n) is 7.56. The van der Waals surface area contributed by atoms with Crippen LogP contribution in [-0.4, -0.2) is 55.0 Å². The molecule has 1 aromatic carbocycles. The smallest absolute Gasteiger partial charge is 0.226 e. The van der Waals surface area contributed by atoms with Gasteiger partial charge in [-0.1, -0.05) is 24.3 Å². The van der Waals surface area contributed by atoms with Gasteiger partial charge in [-0.2, -0.15) is 0 Å². The Morgan fingerprint density at radius 1 is 1.10 bits per heavy atom. The van der Waals surface area contributed by atoms with Crippen LogP contribution in [0.3, 0.4) is 0 Å². The Bertz CT molecular complexity index is 455. The van der Waals surface area contributed by atoms with E-state index in [1.165, 1.54) is 11.1 Å². The van der Waals surface area contributed by atoms with Crippen molar-refractivity contribution in [2.45, 2.75) is 12.8 Å².